The van der Waals surface area contributed by atoms with Crippen LogP contribution in [-0.2, 0) is 4.79 Å². The molecule has 1 rings (SSSR count). The van der Waals surface area contributed by atoms with E-state index in [-0.39, 0.29) is 18.4 Å². The maximum Gasteiger partial charge on any atom is 0.219 e. The number of nitrogens with one attached hydrogen (secondary N) is 1. The summed E-state index contributed by atoms with van der Waals surface area (Å²) in [5, 5.41) is 3.01. The zero-order chi connectivity index (χ0) is 11.4. The van der Waals surface area contributed by atoms with Crippen molar-refractivity contribution in [3.05, 3.63) is 16.7 Å². The number of hydrogen-bond donors (Lipinski definition) is 3. The van der Waals surface area contributed by atoms with Gasteiger partial charge in [0.25, 0.3) is 0 Å². The first-order valence-electron chi connectivity index (χ1n) is 4.45. The fourth-order valence-corrected chi connectivity index (χ4v) is 1.51. The van der Waals surface area contributed by atoms with E-state index in [0.717, 1.165) is 4.47 Å². The maximum absolute atomic E-state index is 10.7. The first kappa shape index (κ1) is 11.8. The van der Waals surface area contributed by atoms with E-state index >= 15 is 0 Å². The van der Waals surface area contributed by atoms with E-state index in [1.54, 1.807) is 12.3 Å². The van der Waals surface area contributed by atoms with Crippen LogP contribution in [0.4, 0.5) is 11.5 Å². The molecule has 82 valence electrons. The zero-order valence-electron chi connectivity index (χ0n) is 8.33. The summed E-state index contributed by atoms with van der Waals surface area (Å²) < 4.78 is 0.813. The molecule has 5 nitrogen and oxygen atoms in total. The lowest BCUT2D eigenvalue weighted by Crippen LogP contribution is -2.24. The lowest BCUT2D eigenvalue weighted by atomic mass is 10.2. The number of primary amides is 1. The number of pyridine rings is 1. The smallest absolute Gasteiger partial charge is 0.219 e. The van der Waals surface area contributed by atoms with Gasteiger partial charge in [0, 0.05) is 23.1 Å². The molecule has 0 aliphatic carbocycles. The van der Waals surface area contributed by atoms with E-state index in [1.807, 2.05) is 6.92 Å². The average Bonchev–Trinajstić information content (AvgIpc) is 2.08. The van der Waals surface area contributed by atoms with Gasteiger partial charge in [-0.3, -0.25) is 4.79 Å². The van der Waals surface area contributed by atoms with Gasteiger partial charge in [-0.1, -0.05) is 0 Å². The second-order valence-corrected chi connectivity index (χ2v) is 4.22. The second kappa shape index (κ2) is 4.97. The van der Waals surface area contributed by atoms with Gasteiger partial charge >= 0.3 is 0 Å². The molecule has 1 heterocycles. The van der Waals surface area contributed by atoms with Crippen molar-refractivity contribution in [2.24, 2.45) is 5.73 Å². The van der Waals surface area contributed by atoms with Crippen LogP contribution in [-0.4, -0.2) is 16.9 Å². The number of hydrogen-bond acceptors (Lipinski definition) is 4. The molecule has 0 saturated carbocycles. The van der Waals surface area contributed by atoms with Crippen molar-refractivity contribution in [2.75, 3.05) is 11.1 Å². The van der Waals surface area contributed by atoms with Gasteiger partial charge in [-0.15, -0.1) is 0 Å². The normalized spacial score (nSPS) is 12.1. The summed E-state index contributed by atoms with van der Waals surface area (Å²) in [4.78, 5) is 14.8. The van der Waals surface area contributed by atoms with Gasteiger partial charge in [0.15, 0.2) is 0 Å². The molecule has 1 aromatic heterocycles. The molecule has 1 aromatic rings. The van der Waals surface area contributed by atoms with Crippen LogP contribution in [0.15, 0.2) is 16.7 Å². The quantitative estimate of drug-likeness (QED) is 0.765. The van der Waals surface area contributed by atoms with Crippen LogP contribution in [0, 0.1) is 0 Å². The van der Waals surface area contributed by atoms with Crippen LogP contribution in [0.3, 0.4) is 0 Å². The summed E-state index contributed by atoms with van der Waals surface area (Å²) in [6, 6.07) is 1.66. The van der Waals surface area contributed by atoms with Gasteiger partial charge in [0.05, 0.1) is 5.69 Å². The minimum atomic E-state index is -0.356. The monoisotopic (exact) mass is 272 g/mol. The Balaban J connectivity index is 2.68. The number of rotatable bonds is 4. The summed E-state index contributed by atoms with van der Waals surface area (Å²) in [7, 11) is 0. The summed E-state index contributed by atoms with van der Waals surface area (Å²) in [5.74, 6) is 0.206. The van der Waals surface area contributed by atoms with Crippen LogP contribution in [0.5, 0.6) is 0 Å². The molecule has 6 heteroatoms. The van der Waals surface area contributed by atoms with Crippen molar-refractivity contribution < 1.29 is 4.79 Å². The molecule has 0 aliphatic heterocycles. The lowest BCUT2D eigenvalue weighted by Gasteiger charge is -2.14. The highest BCUT2D eigenvalue weighted by molar-refractivity contribution is 9.10. The number of carbonyl (C=O) groups excluding carboxylic acids is 1. The van der Waals surface area contributed by atoms with E-state index in [9.17, 15) is 4.79 Å². The topological polar surface area (TPSA) is 94.0 Å². The van der Waals surface area contributed by atoms with Gasteiger partial charge < -0.3 is 16.8 Å². The van der Waals surface area contributed by atoms with E-state index in [0.29, 0.717) is 11.5 Å². The molecular formula is C9H13BrN4O. The van der Waals surface area contributed by atoms with Crippen molar-refractivity contribution in [2.45, 2.75) is 19.4 Å². The first-order valence-corrected chi connectivity index (χ1v) is 5.24. The van der Waals surface area contributed by atoms with Crippen molar-refractivity contribution in [3.8, 4) is 0 Å². The Kier molecular flexibility index (Phi) is 3.90. The van der Waals surface area contributed by atoms with E-state index < -0.39 is 0 Å². The highest BCUT2D eigenvalue weighted by atomic mass is 79.9. The van der Waals surface area contributed by atoms with E-state index in [4.69, 9.17) is 11.5 Å². The number of nitrogens with two attached hydrogens (primary N) is 2. The van der Waals surface area contributed by atoms with Crippen molar-refractivity contribution in [1.82, 2.24) is 4.98 Å². The molecule has 0 bridgehead atoms. The Hall–Kier alpha value is -1.30. The molecule has 1 unspecified atom stereocenters. The van der Waals surface area contributed by atoms with Gasteiger partial charge in [0.1, 0.15) is 5.82 Å². The van der Waals surface area contributed by atoms with E-state index in [2.05, 4.69) is 26.2 Å². The number of nitrogens with zero attached hydrogens (tertiary/aromatic N) is 1. The average molecular weight is 273 g/mol. The minimum Gasteiger partial charge on any atom is -0.396 e. The molecule has 0 aromatic carbocycles. The Morgan fingerprint density at radius 1 is 1.73 bits per heavy atom. The molecule has 0 fully saturated rings. The Labute approximate surface area is 96.4 Å². The number of amides is 1. The van der Waals surface area contributed by atoms with E-state index in [1.165, 1.54) is 0 Å². The molecule has 0 aliphatic rings. The zero-order valence-corrected chi connectivity index (χ0v) is 9.91. The summed E-state index contributed by atoms with van der Waals surface area (Å²) in [6.07, 6.45) is 1.88. The SMILES string of the molecule is CC(CC(N)=O)Nc1ncc(Br)cc1N. The summed E-state index contributed by atoms with van der Waals surface area (Å²) in [6.45, 7) is 1.84. The van der Waals surface area contributed by atoms with Gasteiger partial charge in [-0.2, -0.15) is 0 Å². The fourth-order valence-electron chi connectivity index (χ4n) is 1.16. The van der Waals surface area contributed by atoms with Gasteiger partial charge in [-0.05, 0) is 28.9 Å². The Morgan fingerprint density at radius 2 is 2.40 bits per heavy atom. The minimum absolute atomic E-state index is 0.0847. The predicted octanol–water partition coefficient (Wildman–Crippen LogP) is 1.10. The van der Waals surface area contributed by atoms with Crippen LogP contribution in [0.2, 0.25) is 0 Å². The number of carbonyl (C=O) groups is 1. The number of halogens is 1. The number of anilines is 2. The first-order chi connectivity index (χ1) is 6.99. The molecule has 1 atom stereocenters. The van der Waals surface area contributed by atoms with Crippen LogP contribution in [0.25, 0.3) is 0 Å². The van der Waals surface area contributed by atoms with Gasteiger partial charge in [-0.25, -0.2) is 4.98 Å². The summed E-state index contributed by atoms with van der Waals surface area (Å²) in [5.41, 5.74) is 11.3. The molecule has 5 N–H and O–H groups in total. The van der Waals surface area contributed by atoms with Crippen molar-refractivity contribution in [3.63, 3.8) is 0 Å². The lowest BCUT2D eigenvalue weighted by molar-refractivity contribution is -0.118. The number of nitrogen functional groups attached to an aromatic ring is 1. The molecule has 0 spiro atoms. The third-order valence-electron chi connectivity index (χ3n) is 1.77. The molecular weight excluding hydrogens is 260 g/mol. The molecule has 0 saturated heterocycles. The Morgan fingerprint density at radius 3 is 2.93 bits per heavy atom. The molecule has 0 radical (unpaired) electrons. The molecule has 1 amide bonds. The predicted molar refractivity (Wildman–Crippen MR) is 63.2 cm³/mol. The fraction of sp³-hybridized carbons (Fsp3) is 0.333. The highest BCUT2D eigenvalue weighted by Gasteiger charge is 2.08. The standard InChI is InChI=1S/C9H13BrN4O/c1-5(2-8(12)15)14-9-7(11)3-6(10)4-13-9/h3-5H,2,11H2,1H3,(H2,12,15)(H,13,14). The maximum atomic E-state index is 10.7. The Bertz CT molecular complexity index is 369. The van der Waals surface area contributed by atoms with Crippen LogP contribution in [0.1, 0.15) is 13.3 Å². The molecule has 15 heavy (non-hydrogen) atoms. The third kappa shape index (κ3) is 3.75. The number of aromatic nitrogens is 1. The van der Waals surface area contributed by atoms with Crippen LogP contribution >= 0.6 is 15.9 Å². The van der Waals surface area contributed by atoms with Crippen molar-refractivity contribution in [1.29, 1.82) is 0 Å². The summed E-state index contributed by atoms with van der Waals surface area (Å²) >= 11 is 3.26. The van der Waals surface area contributed by atoms with Crippen LogP contribution < -0.4 is 16.8 Å². The second-order valence-electron chi connectivity index (χ2n) is 3.31. The highest BCUT2D eigenvalue weighted by Crippen LogP contribution is 2.20. The third-order valence-corrected chi connectivity index (χ3v) is 2.21. The van der Waals surface area contributed by atoms with Gasteiger partial charge in [0.2, 0.25) is 5.91 Å². The van der Waals surface area contributed by atoms with Crippen molar-refractivity contribution >= 4 is 33.3 Å². The largest absolute Gasteiger partial charge is 0.396 e.